The molecule has 2 N–H and O–H groups in total. The van der Waals surface area contributed by atoms with Gasteiger partial charge in [0.2, 0.25) is 0 Å². The van der Waals surface area contributed by atoms with Crippen molar-refractivity contribution < 1.29 is 4.79 Å². The number of H-pyrrole nitrogens is 1. The molecule has 4 nitrogen and oxygen atoms in total. The molecule has 1 aromatic carbocycles. The number of hydrogen-bond acceptors (Lipinski definition) is 2. The number of carbonyl (C=O) groups is 1. The molecule has 2 saturated heterocycles. The minimum atomic E-state index is 0. The lowest BCUT2D eigenvalue weighted by Gasteiger charge is -2.27. The number of nitrogens with one attached hydrogen (secondary N) is 2. The van der Waals surface area contributed by atoms with Crippen molar-refractivity contribution in [3.8, 4) is 11.3 Å². The van der Waals surface area contributed by atoms with E-state index >= 15 is 0 Å². The Kier molecular flexibility index (Phi) is 4.74. The zero-order chi connectivity index (χ0) is 14.9. The maximum atomic E-state index is 12.9. The lowest BCUT2D eigenvalue weighted by Crippen LogP contribution is -2.42. The molecule has 23 heavy (non-hydrogen) atoms. The van der Waals surface area contributed by atoms with Gasteiger partial charge in [0.15, 0.2) is 0 Å². The van der Waals surface area contributed by atoms with E-state index < -0.39 is 0 Å². The topological polar surface area (TPSA) is 48.1 Å². The van der Waals surface area contributed by atoms with E-state index in [0.29, 0.717) is 17.8 Å². The third kappa shape index (κ3) is 3.01. The van der Waals surface area contributed by atoms with Gasteiger partial charge in [-0.2, -0.15) is 0 Å². The number of aromatic nitrogens is 1. The molecule has 1 aromatic heterocycles. The van der Waals surface area contributed by atoms with Gasteiger partial charge in [-0.15, -0.1) is 12.4 Å². The Balaban J connectivity index is 0.00000156. The van der Waals surface area contributed by atoms with Crippen LogP contribution in [0.25, 0.3) is 11.3 Å². The van der Waals surface area contributed by atoms with E-state index in [9.17, 15) is 4.79 Å². The summed E-state index contributed by atoms with van der Waals surface area (Å²) in [6.07, 6.45) is 3.33. The van der Waals surface area contributed by atoms with Crippen LogP contribution in [0.2, 0.25) is 0 Å². The molecule has 2 aromatic rings. The molecular formula is C18H22ClN3O. The molecule has 0 radical (unpaired) electrons. The summed E-state index contributed by atoms with van der Waals surface area (Å²) in [5, 5.41) is 3.44. The van der Waals surface area contributed by atoms with E-state index in [1.807, 2.05) is 30.3 Å². The molecular weight excluding hydrogens is 310 g/mol. The second kappa shape index (κ2) is 6.77. The first kappa shape index (κ1) is 16.1. The van der Waals surface area contributed by atoms with Gasteiger partial charge in [-0.1, -0.05) is 30.3 Å². The maximum absolute atomic E-state index is 12.9. The molecule has 122 valence electrons. The summed E-state index contributed by atoms with van der Waals surface area (Å²) in [5.74, 6) is 0.151. The van der Waals surface area contributed by atoms with Crippen LogP contribution in [0, 0.1) is 0 Å². The predicted molar refractivity (Wildman–Crippen MR) is 93.9 cm³/mol. The first-order chi connectivity index (χ1) is 10.8. The molecule has 2 aliphatic heterocycles. The van der Waals surface area contributed by atoms with E-state index in [2.05, 4.69) is 27.3 Å². The van der Waals surface area contributed by atoms with Gasteiger partial charge in [-0.3, -0.25) is 4.79 Å². The summed E-state index contributed by atoms with van der Waals surface area (Å²) in [7, 11) is 0. The lowest BCUT2D eigenvalue weighted by atomic mass is 10.1. The average Bonchev–Trinajstić information content (AvgIpc) is 3.12. The van der Waals surface area contributed by atoms with E-state index in [1.165, 1.54) is 0 Å². The number of benzene rings is 1. The average molecular weight is 332 g/mol. The molecule has 4 rings (SSSR count). The predicted octanol–water partition coefficient (Wildman–Crippen LogP) is 3.07. The monoisotopic (exact) mass is 331 g/mol. The maximum Gasteiger partial charge on any atom is 0.270 e. The van der Waals surface area contributed by atoms with E-state index in [0.717, 1.165) is 43.6 Å². The summed E-state index contributed by atoms with van der Waals surface area (Å²) in [6, 6.07) is 14.8. The van der Waals surface area contributed by atoms with Crippen LogP contribution in [0.4, 0.5) is 0 Å². The van der Waals surface area contributed by atoms with E-state index in [4.69, 9.17) is 0 Å². The van der Waals surface area contributed by atoms with Gasteiger partial charge in [0, 0.05) is 24.3 Å². The largest absolute Gasteiger partial charge is 0.351 e. The Morgan fingerprint density at radius 3 is 2.61 bits per heavy atom. The highest BCUT2D eigenvalue weighted by molar-refractivity contribution is 5.94. The molecule has 0 spiro atoms. The van der Waals surface area contributed by atoms with Crippen molar-refractivity contribution in [1.29, 1.82) is 0 Å². The van der Waals surface area contributed by atoms with Crippen molar-refractivity contribution in [2.45, 2.75) is 31.3 Å². The molecule has 0 saturated carbocycles. The van der Waals surface area contributed by atoms with E-state index in [1.54, 1.807) is 0 Å². The molecule has 3 heterocycles. The molecule has 2 bridgehead atoms. The highest BCUT2D eigenvalue weighted by Gasteiger charge is 2.38. The number of fused-ring (bicyclic) bond motifs is 2. The van der Waals surface area contributed by atoms with Gasteiger partial charge in [0.05, 0.1) is 0 Å². The lowest BCUT2D eigenvalue weighted by molar-refractivity contribution is 0.0675. The van der Waals surface area contributed by atoms with Crippen molar-refractivity contribution in [2.24, 2.45) is 0 Å². The summed E-state index contributed by atoms with van der Waals surface area (Å²) in [5.41, 5.74) is 2.82. The van der Waals surface area contributed by atoms with Crippen LogP contribution in [0.15, 0.2) is 42.5 Å². The molecule has 5 heteroatoms. The Labute approximate surface area is 142 Å². The van der Waals surface area contributed by atoms with Gasteiger partial charge in [0.1, 0.15) is 5.69 Å². The molecule has 2 atom stereocenters. The minimum absolute atomic E-state index is 0. The van der Waals surface area contributed by atoms with Crippen LogP contribution in [-0.2, 0) is 0 Å². The Morgan fingerprint density at radius 1 is 1.00 bits per heavy atom. The molecule has 0 aliphatic carbocycles. The Bertz CT molecular complexity index is 656. The Hall–Kier alpha value is -1.78. The zero-order valence-corrected chi connectivity index (χ0v) is 13.8. The van der Waals surface area contributed by atoms with Gasteiger partial charge >= 0.3 is 0 Å². The highest BCUT2D eigenvalue weighted by Crippen LogP contribution is 2.30. The molecule has 2 aliphatic rings. The van der Waals surface area contributed by atoms with E-state index in [-0.39, 0.29) is 18.3 Å². The molecule has 1 amide bonds. The number of rotatable bonds is 2. The smallest absolute Gasteiger partial charge is 0.270 e. The van der Waals surface area contributed by atoms with Crippen LogP contribution in [0.5, 0.6) is 0 Å². The number of aromatic amines is 1. The molecule has 2 fully saturated rings. The Morgan fingerprint density at radius 2 is 1.78 bits per heavy atom. The highest BCUT2D eigenvalue weighted by atomic mass is 35.5. The first-order valence-corrected chi connectivity index (χ1v) is 8.11. The van der Waals surface area contributed by atoms with Crippen LogP contribution in [-0.4, -0.2) is 41.0 Å². The standard InChI is InChI=1S/C18H21N3O.ClH/c22-18(21-14-6-7-15(21)12-19-11-10-14)17-9-8-16(20-17)13-4-2-1-3-5-13;/h1-5,8-9,14-15,19-20H,6-7,10-12H2;1H. The summed E-state index contributed by atoms with van der Waals surface area (Å²) in [4.78, 5) is 18.3. The van der Waals surface area contributed by atoms with Gasteiger partial charge in [-0.25, -0.2) is 0 Å². The number of amides is 1. The second-order valence-corrected chi connectivity index (χ2v) is 6.24. The SMILES string of the molecule is Cl.O=C(c1ccc(-c2ccccc2)[nH]1)N1C2CCNCC1CC2. The third-order valence-electron chi connectivity index (χ3n) is 4.89. The second-order valence-electron chi connectivity index (χ2n) is 6.24. The fraction of sp³-hybridized carbons (Fsp3) is 0.389. The van der Waals surface area contributed by atoms with Gasteiger partial charge in [0.25, 0.3) is 5.91 Å². The van der Waals surface area contributed by atoms with Crippen molar-refractivity contribution in [2.75, 3.05) is 13.1 Å². The minimum Gasteiger partial charge on any atom is -0.351 e. The van der Waals surface area contributed by atoms with Crippen LogP contribution in [0.1, 0.15) is 29.8 Å². The van der Waals surface area contributed by atoms with Crippen LogP contribution < -0.4 is 5.32 Å². The first-order valence-electron chi connectivity index (χ1n) is 8.11. The molecule has 2 unspecified atom stereocenters. The summed E-state index contributed by atoms with van der Waals surface area (Å²) < 4.78 is 0. The zero-order valence-electron chi connectivity index (χ0n) is 13.0. The van der Waals surface area contributed by atoms with Gasteiger partial charge in [-0.05, 0) is 43.5 Å². The summed E-state index contributed by atoms with van der Waals surface area (Å²) in [6.45, 7) is 1.94. The normalized spacial score (nSPS) is 23.2. The van der Waals surface area contributed by atoms with Crippen molar-refractivity contribution in [3.05, 3.63) is 48.2 Å². The third-order valence-corrected chi connectivity index (χ3v) is 4.89. The number of nitrogens with zero attached hydrogens (tertiary/aromatic N) is 1. The number of hydrogen-bond donors (Lipinski definition) is 2. The van der Waals surface area contributed by atoms with Crippen molar-refractivity contribution >= 4 is 18.3 Å². The van der Waals surface area contributed by atoms with Gasteiger partial charge < -0.3 is 15.2 Å². The fourth-order valence-corrected chi connectivity index (χ4v) is 3.76. The van der Waals surface area contributed by atoms with Crippen LogP contribution in [0.3, 0.4) is 0 Å². The van der Waals surface area contributed by atoms with Crippen LogP contribution >= 0.6 is 12.4 Å². The number of carbonyl (C=O) groups excluding carboxylic acids is 1. The van der Waals surface area contributed by atoms with Crippen molar-refractivity contribution in [3.63, 3.8) is 0 Å². The van der Waals surface area contributed by atoms with Crippen molar-refractivity contribution in [1.82, 2.24) is 15.2 Å². The fourth-order valence-electron chi connectivity index (χ4n) is 3.76. The quantitative estimate of drug-likeness (QED) is 0.888. The number of halogens is 1. The summed E-state index contributed by atoms with van der Waals surface area (Å²) >= 11 is 0.